The van der Waals surface area contributed by atoms with E-state index in [2.05, 4.69) is 15.3 Å². The Bertz CT molecular complexity index is 558. The molecule has 0 spiro atoms. The van der Waals surface area contributed by atoms with Crippen LogP contribution in [0.4, 0.5) is 11.6 Å². The van der Waals surface area contributed by atoms with Gasteiger partial charge in [0.1, 0.15) is 0 Å². The monoisotopic (exact) mass is 242 g/mol. The number of amides is 1. The molecule has 0 saturated carbocycles. The third-order valence-electron chi connectivity index (χ3n) is 2.41. The van der Waals surface area contributed by atoms with Crippen molar-refractivity contribution in [2.24, 2.45) is 5.73 Å². The lowest BCUT2D eigenvalue weighted by molar-refractivity contribution is 0.100. The maximum Gasteiger partial charge on any atom is 0.248 e. The number of hydrogen-bond acceptors (Lipinski definition) is 4. The minimum Gasteiger partial charge on any atom is -0.366 e. The number of primary amides is 1. The number of carbonyl (C=O) groups is 1. The van der Waals surface area contributed by atoms with Gasteiger partial charge in [-0.25, -0.2) is 9.97 Å². The summed E-state index contributed by atoms with van der Waals surface area (Å²) in [5.74, 6) is 0.100. The zero-order valence-electron chi connectivity index (χ0n) is 10.3. The summed E-state index contributed by atoms with van der Waals surface area (Å²) in [7, 11) is 0. The van der Waals surface area contributed by atoms with Crippen molar-refractivity contribution in [1.82, 2.24) is 9.97 Å². The molecule has 0 atom stereocenters. The zero-order valence-corrected chi connectivity index (χ0v) is 10.3. The van der Waals surface area contributed by atoms with E-state index in [1.165, 1.54) is 0 Å². The normalized spacial score (nSPS) is 10.1. The summed E-state index contributed by atoms with van der Waals surface area (Å²) in [6.45, 7) is 3.83. The van der Waals surface area contributed by atoms with Gasteiger partial charge in [0.15, 0.2) is 0 Å². The Kier molecular flexibility index (Phi) is 3.23. The number of carbonyl (C=O) groups excluding carboxylic acids is 1. The molecule has 2 aromatic rings. The van der Waals surface area contributed by atoms with E-state index in [9.17, 15) is 4.79 Å². The number of hydrogen-bond donors (Lipinski definition) is 2. The molecule has 0 saturated heterocycles. The standard InChI is InChI=1S/C13H14N4O/c1-8-7-9(2)16-13(15-8)17-11-5-3-10(4-6-11)12(14)18/h3-7H,1-2H3,(H2,14,18)(H,15,16,17). The van der Waals surface area contributed by atoms with Gasteiger partial charge in [-0.15, -0.1) is 0 Å². The van der Waals surface area contributed by atoms with E-state index in [0.29, 0.717) is 11.5 Å². The van der Waals surface area contributed by atoms with Crippen LogP contribution in [-0.4, -0.2) is 15.9 Å². The molecule has 92 valence electrons. The van der Waals surface area contributed by atoms with Crippen molar-refractivity contribution in [2.45, 2.75) is 13.8 Å². The number of aromatic nitrogens is 2. The molecule has 3 N–H and O–H groups in total. The fraction of sp³-hybridized carbons (Fsp3) is 0.154. The summed E-state index contributed by atoms with van der Waals surface area (Å²) in [5, 5.41) is 3.08. The van der Waals surface area contributed by atoms with E-state index in [1.807, 2.05) is 19.9 Å². The van der Waals surface area contributed by atoms with E-state index in [0.717, 1.165) is 17.1 Å². The molecule has 5 nitrogen and oxygen atoms in total. The summed E-state index contributed by atoms with van der Waals surface area (Å²) in [5.41, 5.74) is 8.26. The SMILES string of the molecule is Cc1cc(C)nc(Nc2ccc(C(N)=O)cc2)n1. The van der Waals surface area contributed by atoms with Crippen LogP contribution in [0.2, 0.25) is 0 Å². The van der Waals surface area contributed by atoms with E-state index in [1.54, 1.807) is 24.3 Å². The van der Waals surface area contributed by atoms with Gasteiger partial charge in [0, 0.05) is 22.6 Å². The number of nitrogens with one attached hydrogen (secondary N) is 1. The molecule has 1 aromatic heterocycles. The molecule has 1 heterocycles. The van der Waals surface area contributed by atoms with Crippen LogP contribution in [0, 0.1) is 13.8 Å². The maximum absolute atomic E-state index is 10.9. The van der Waals surface area contributed by atoms with Crippen LogP contribution in [0.5, 0.6) is 0 Å². The highest BCUT2D eigenvalue weighted by Gasteiger charge is 2.02. The largest absolute Gasteiger partial charge is 0.366 e. The quantitative estimate of drug-likeness (QED) is 0.861. The van der Waals surface area contributed by atoms with Gasteiger partial charge < -0.3 is 11.1 Å². The first-order valence-electron chi connectivity index (χ1n) is 5.54. The predicted molar refractivity (Wildman–Crippen MR) is 69.7 cm³/mol. The maximum atomic E-state index is 10.9. The lowest BCUT2D eigenvalue weighted by Gasteiger charge is -2.06. The molecular weight excluding hydrogens is 228 g/mol. The Hall–Kier alpha value is -2.43. The molecule has 0 aliphatic heterocycles. The Labute approximate surface area is 105 Å². The second-order valence-electron chi connectivity index (χ2n) is 4.04. The Balaban J connectivity index is 2.20. The topological polar surface area (TPSA) is 80.9 Å². The van der Waals surface area contributed by atoms with Crippen LogP contribution in [0.1, 0.15) is 21.7 Å². The summed E-state index contributed by atoms with van der Waals surface area (Å²) in [6.07, 6.45) is 0. The molecule has 1 aromatic carbocycles. The molecule has 0 bridgehead atoms. The highest BCUT2D eigenvalue weighted by atomic mass is 16.1. The molecule has 0 fully saturated rings. The molecule has 5 heteroatoms. The molecule has 0 aliphatic rings. The van der Waals surface area contributed by atoms with Gasteiger partial charge in [0.25, 0.3) is 0 Å². The Morgan fingerprint density at radius 2 is 1.67 bits per heavy atom. The van der Waals surface area contributed by atoms with Crippen molar-refractivity contribution in [1.29, 1.82) is 0 Å². The molecule has 0 unspecified atom stereocenters. The summed E-state index contributed by atoms with van der Waals surface area (Å²) < 4.78 is 0. The van der Waals surface area contributed by atoms with E-state index in [4.69, 9.17) is 5.73 Å². The van der Waals surface area contributed by atoms with Crippen molar-refractivity contribution in [3.8, 4) is 0 Å². The van der Waals surface area contributed by atoms with Gasteiger partial charge in [0.05, 0.1) is 0 Å². The van der Waals surface area contributed by atoms with E-state index >= 15 is 0 Å². The molecule has 0 aliphatic carbocycles. The molecular formula is C13H14N4O. The van der Waals surface area contributed by atoms with E-state index < -0.39 is 5.91 Å². The fourth-order valence-electron chi connectivity index (χ4n) is 1.63. The average molecular weight is 242 g/mol. The van der Waals surface area contributed by atoms with Crippen molar-refractivity contribution in [3.63, 3.8) is 0 Å². The zero-order chi connectivity index (χ0) is 13.1. The highest BCUT2D eigenvalue weighted by Crippen LogP contribution is 2.14. The Morgan fingerprint density at radius 1 is 1.11 bits per heavy atom. The predicted octanol–water partition coefficient (Wildman–Crippen LogP) is 1.94. The van der Waals surface area contributed by atoms with Crippen LogP contribution in [0.25, 0.3) is 0 Å². The summed E-state index contributed by atoms with van der Waals surface area (Å²) in [6, 6.07) is 8.75. The summed E-state index contributed by atoms with van der Waals surface area (Å²) in [4.78, 5) is 19.5. The van der Waals surface area contributed by atoms with Gasteiger partial charge >= 0.3 is 0 Å². The van der Waals surface area contributed by atoms with Gasteiger partial charge in [-0.05, 0) is 44.2 Å². The van der Waals surface area contributed by atoms with Gasteiger partial charge in [0.2, 0.25) is 11.9 Å². The first-order valence-corrected chi connectivity index (χ1v) is 5.54. The lowest BCUT2D eigenvalue weighted by Crippen LogP contribution is -2.10. The van der Waals surface area contributed by atoms with Crippen molar-refractivity contribution >= 4 is 17.5 Å². The second-order valence-corrected chi connectivity index (χ2v) is 4.04. The average Bonchev–Trinajstić information content (AvgIpc) is 2.28. The number of rotatable bonds is 3. The number of nitrogens with zero attached hydrogens (tertiary/aromatic N) is 2. The molecule has 0 radical (unpaired) electrons. The van der Waals surface area contributed by atoms with Crippen molar-refractivity contribution in [3.05, 3.63) is 47.3 Å². The third kappa shape index (κ3) is 2.82. The van der Waals surface area contributed by atoms with Crippen LogP contribution >= 0.6 is 0 Å². The minimum absolute atomic E-state index is 0.441. The van der Waals surface area contributed by atoms with Crippen LogP contribution in [-0.2, 0) is 0 Å². The highest BCUT2D eigenvalue weighted by molar-refractivity contribution is 5.93. The molecule has 2 rings (SSSR count). The molecule has 1 amide bonds. The number of anilines is 2. The van der Waals surface area contributed by atoms with Crippen LogP contribution in [0.3, 0.4) is 0 Å². The number of aryl methyl sites for hydroxylation is 2. The van der Waals surface area contributed by atoms with Crippen LogP contribution < -0.4 is 11.1 Å². The summed E-state index contributed by atoms with van der Waals surface area (Å²) >= 11 is 0. The first-order chi connectivity index (χ1) is 8.54. The number of benzene rings is 1. The smallest absolute Gasteiger partial charge is 0.248 e. The van der Waals surface area contributed by atoms with Crippen molar-refractivity contribution in [2.75, 3.05) is 5.32 Å². The van der Waals surface area contributed by atoms with Gasteiger partial charge in [-0.1, -0.05) is 0 Å². The first kappa shape index (κ1) is 12.0. The van der Waals surface area contributed by atoms with Gasteiger partial charge in [-0.3, -0.25) is 4.79 Å². The van der Waals surface area contributed by atoms with Crippen molar-refractivity contribution < 1.29 is 4.79 Å². The van der Waals surface area contributed by atoms with Gasteiger partial charge in [-0.2, -0.15) is 0 Å². The Morgan fingerprint density at radius 3 is 2.17 bits per heavy atom. The van der Waals surface area contributed by atoms with E-state index in [-0.39, 0.29) is 0 Å². The van der Waals surface area contributed by atoms with Crippen LogP contribution in [0.15, 0.2) is 30.3 Å². The molecule has 18 heavy (non-hydrogen) atoms. The number of nitrogens with two attached hydrogens (primary N) is 1. The second kappa shape index (κ2) is 4.83. The lowest BCUT2D eigenvalue weighted by atomic mass is 10.2. The third-order valence-corrected chi connectivity index (χ3v) is 2.41. The minimum atomic E-state index is -0.441. The fourth-order valence-corrected chi connectivity index (χ4v) is 1.63.